The van der Waals surface area contributed by atoms with Crippen molar-refractivity contribution < 1.29 is 14.3 Å². The van der Waals surface area contributed by atoms with Crippen LogP contribution in [0.1, 0.15) is 32.7 Å². The van der Waals surface area contributed by atoms with Gasteiger partial charge in [-0.3, -0.25) is 9.59 Å². The normalized spacial score (nSPS) is 17.9. The third kappa shape index (κ3) is 2.89. The van der Waals surface area contributed by atoms with Crippen LogP contribution in [-0.2, 0) is 5.54 Å². The van der Waals surface area contributed by atoms with E-state index in [1.807, 2.05) is 60.7 Å². The van der Waals surface area contributed by atoms with Gasteiger partial charge in [-0.15, -0.1) is 0 Å². The second kappa shape index (κ2) is 6.72. The summed E-state index contributed by atoms with van der Waals surface area (Å²) in [6, 6.07) is 23.7. The van der Waals surface area contributed by atoms with Crippen LogP contribution in [0, 0.1) is 0 Å². The van der Waals surface area contributed by atoms with E-state index in [0.717, 1.165) is 11.3 Å². The number of hydrogen-bond donors (Lipinski definition) is 1. The Morgan fingerprint density at radius 2 is 1.59 bits per heavy atom. The molecule has 4 heteroatoms. The summed E-state index contributed by atoms with van der Waals surface area (Å²) in [5.41, 5.74) is 1.57. The quantitative estimate of drug-likeness (QED) is 0.685. The smallest absolute Gasteiger partial charge is 0.195 e. The van der Waals surface area contributed by atoms with E-state index in [1.165, 1.54) is 0 Å². The number of ketones is 2. The highest BCUT2D eigenvalue weighted by atomic mass is 16.5. The van der Waals surface area contributed by atoms with Crippen LogP contribution in [0.2, 0.25) is 0 Å². The number of methoxy groups -OCH3 is 1. The Morgan fingerprint density at radius 3 is 2.26 bits per heavy atom. The van der Waals surface area contributed by atoms with Gasteiger partial charge >= 0.3 is 0 Å². The molecule has 1 heterocycles. The monoisotopic (exact) mass is 357 g/mol. The molecule has 1 aliphatic rings. The number of hydrogen-bond acceptors (Lipinski definition) is 4. The molecule has 0 aromatic heterocycles. The highest BCUT2D eigenvalue weighted by Crippen LogP contribution is 2.42. The van der Waals surface area contributed by atoms with Gasteiger partial charge in [-0.1, -0.05) is 54.6 Å². The Morgan fingerprint density at radius 1 is 0.926 bits per heavy atom. The molecule has 1 aliphatic heterocycles. The van der Waals surface area contributed by atoms with Gasteiger partial charge in [-0.25, -0.2) is 0 Å². The number of ether oxygens (including phenoxy) is 1. The molecule has 27 heavy (non-hydrogen) atoms. The van der Waals surface area contributed by atoms with Crippen molar-refractivity contribution in [1.82, 2.24) is 0 Å². The molecule has 0 aliphatic carbocycles. The van der Waals surface area contributed by atoms with Gasteiger partial charge in [0.15, 0.2) is 11.6 Å². The highest BCUT2D eigenvalue weighted by molar-refractivity contribution is 6.16. The van der Waals surface area contributed by atoms with E-state index in [0.29, 0.717) is 16.9 Å². The number of Topliss-reactive ketones (excluding diaryl/α,β-unsaturated/α-hetero) is 2. The number of carbonyl (C=O) groups excluding carboxylic acids is 2. The maximum Gasteiger partial charge on any atom is 0.195 e. The molecule has 0 amide bonds. The molecule has 3 aromatic carbocycles. The molecule has 0 saturated heterocycles. The van der Waals surface area contributed by atoms with Gasteiger partial charge in [0.1, 0.15) is 11.3 Å². The standard InChI is InChI=1S/C23H19NO3/c1-27-18-13-11-17(12-14-18)23(15-21(25)16-7-3-2-4-8-16)22(26)19-9-5-6-10-20(19)24-23/h2-14,24H,15H2,1H3. The fraction of sp³-hybridized carbons (Fsp3) is 0.130. The number of anilines is 1. The predicted octanol–water partition coefficient (Wildman–Crippen LogP) is 4.47. The van der Waals surface area contributed by atoms with E-state index in [4.69, 9.17) is 4.74 Å². The Balaban J connectivity index is 1.79. The Labute approximate surface area is 157 Å². The summed E-state index contributed by atoms with van der Waals surface area (Å²) in [5.74, 6) is 0.527. The summed E-state index contributed by atoms with van der Waals surface area (Å²) in [6.07, 6.45) is 0.0385. The zero-order valence-electron chi connectivity index (χ0n) is 14.9. The van der Waals surface area contributed by atoms with E-state index in [1.54, 1.807) is 25.3 Å². The summed E-state index contributed by atoms with van der Waals surface area (Å²) < 4.78 is 5.23. The fourth-order valence-electron chi connectivity index (χ4n) is 3.58. The van der Waals surface area contributed by atoms with Crippen LogP contribution in [0.5, 0.6) is 5.75 Å². The highest BCUT2D eigenvalue weighted by Gasteiger charge is 2.48. The molecule has 0 bridgehead atoms. The zero-order chi connectivity index (χ0) is 18.9. The van der Waals surface area contributed by atoms with Crippen LogP contribution in [-0.4, -0.2) is 18.7 Å². The summed E-state index contributed by atoms with van der Waals surface area (Å²) in [4.78, 5) is 26.4. The molecule has 3 aromatic rings. The van der Waals surface area contributed by atoms with Crippen molar-refractivity contribution in [2.75, 3.05) is 12.4 Å². The fourth-order valence-corrected chi connectivity index (χ4v) is 3.58. The summed E-state index contributed by atoms with van der Waals surface area (Å²) in [6.45, 7) is 0. The molecule has 4 rings (SSSR count). The van der Waals surface area contributed by atoms with Crippen molar-refractivity contribution in [2.24, 2.45) is 0 Å². The van der Waals surface area contributed by atoms with Crippen molar-refractivity contribution in [3.05, 3.63) is 95.6 Å². The third-order valence-electron chi connectivity index (χ3n) is 5.01. The first-order valence-electron chi connectivity index (χ1n) is 8.79. The number of benzene rings is 3. The average molecular weight is 357 g/mol. The first kappa shape index (κ1) is 17.0. The third-order valence-corrected chi connectivity index (χ3v) is 5.01. The van der Waals surface area contributed by atoms with Gasteiger partial charge in [0.05, 0.1) is 7.11 Å². The topological polar surface area (TPSA) is 55.4 Å². The lowest BCUT2D eigenvalue weighted by Gasteiger charge is -2.29. The van der Waals surface area contributed by atoms with E-state index in [-0.39, 0.29) is 18.0 Å². The molecule has 4 nitrogen and oxygen atoms in total. The first-order valence-corrected chi connectivity index (χ1v) is 8.79. The number of para-hydroxylation sites is 1. The predicted molar refractivity (Wildman–Crippen MR) is 104 cm³/mol. The van der Waals surface area contributed by atoms with Crippen LogP contribution in [0.15, 0.2) is 78.9 Å². The average Bonchev–Trinajstić information content (AvgIpc) is 3.01. The van der Waals surface area contributed by atoms with Crippen LogP contribution in [0.3, 0.4) is 0 Å². The Hall–Kier alpha value is -3.40. The number of carbonyl (C=O) groups is 2. The minimum absolute atomic E-state index is 0.0385. The van der Waals surface area contributed by atoms with E-state index in [2.05, 4.69) is 5.32 Å². The van der Waals surface area contributed by atoms with Gasteiger partial charge < -0.3 is 10.1 Å². The van der Waals surface area contributed by atoms with Crippen LogP contribution in [0.25, 0.3) is 0 Å². The van der Waals surface area contributed by atoms with Crippen molar-refractivity contribution in [3.63, 3.8) is 0 Å². The van der Waals surface area contributed by atoms with Gasteiger partial charge in [-0.05, 0) is 29.8 Å². The maximum absolute atomic E-state index is 13.4. The van der Waals surface area contributed by atoms with Gasteiger partial charge in [0, 0.05) is 23.2 Å². The molecular weight excluding hydrogens is 338 g/mol. The molecular formula is C23H19NO3. The summed E-state index contributed by atoms with van der Waals surface area (Å²) in [5, 5.41) is 3.34. The number of nitrogens with one attached hydrogen (secondary N) is 1. The number of fused-ring (bicyclic) bond motifs is 1. The lowest BCUT2D eigenvalue weighted by atomic mass is 9.80. The van der Waals surface area contributed by atoms with E-state index < -0.39 is 5.54 Å². The van der Waals surface area contributed by atoms with Crippen molar-refractivity contribution in [3.8, 4) is 5.75 Å². The largest absolute Gasteiger partial charge is 0.497 e. The van der Waals surface area contributed by atoms with Crippen molar-refractivity contribution in [2.45, 2.75) is 12.0 Å². The van der Waals surface area contributed by atoms with E-state index >= 15 is 0 Å². The Kier molecular flexibility index (Phi) is 4.24. The maximum atomic E-state index is 13.4. The van der Waals surface area contributed by atoms with Crippen molar-refractivity contribution >= 4 is 17.3 Å². The molecule has 0 radical (unpaired) electrons. The summed E-state index contributed by atoms with van der Waals surface area (Å²) in [7, 11) is 1.60. The van der Waals surface area contributed by atoms with Gasteiger partial charge in [-0.2, -0.15) is 0 Å². The molecule has 134 valence electrons. The van der Waals surface area contributed by atoms with Gasteiger partial charge in [0.2, 0.25) is 0 Å². The SMILES string of the molecule is COc1ccc(C2(CC(=O)c3ccccc3)Nc3ccccc3C2=O)cc1. The number of rotatable bonds is 5. The minimum atomic E-state index is -1.12. The lowest BCUT2D eigenvalue weighted by molar-refractivity contribution is 0.0846. The molecule has 1 unspecified atom stereocenters. The van der Waals surface area contributed by atoms with Crippen LogP contribution < -0.4 is 10.1 Å². The molecule has 0 saturated carbocycles. The molecule has 1 N–H and O–H groups in total. The Bertz CT molecular complexity index is 996. The van der Waals surface area contributed by atoms with Crippen LogP contribution in [0.4, 0.5) is 5.69 Å². The molecule has 0 fully saturated rings. The first-order chi connectivity index (χ1) is 13.1. The second-order valence-electron chi connectivity index (χ2n) is 6.60. The second-order valence-corrected chi connectivity index (χ2v) is 6.60. The zero-order valence-corrected chi connectivity index (χ0v) is 14.9. The summed E-state index contributed by atoms with van der Waals surface area (Å²) >= 11 is 0. The van der Waals surface area contributed by atoms with Crippen LogP contribution >= 0.6 is 0 Å². The lowest BCUT2D eigenvalue weighted by Crippen LogP contribution is -2.40. The molecule has 0 spiro atoms. The van der Waals surface area contributed by atoms with E-state index in [9.17, 15) is 9.59 Å². The van der Waals surface area contributed by atoms with Gasteiger partial charge in [0.25, 0.3) is 0 Å². The molecule has 1 atom stereocenters. The minimum Gasteiger partial charge on any atom is -0.497 e. The van der Waals surface area contributed by atoms with Crippen molar-refractivity contribution in [1.29, 1.82) is 0 Å².